The number of nitrogens with zero attached hydrogens (tertiary/aromatic N) is 3. The van der Waals surface area contributed by atoms with Gasteiger partial charge in [0.2, 0.25) is 0 Å². The molecule has 5 heteroatoms. The van der Waals surface area contributed by atoms with Gasteiger partial charge in [0.15, 0.2) is 0 Å². The molecule has 5 nitrogen and oxygen atoms in total. The van der Waals surface area contributed by atoms with E-state index < -0.39 is 123 Å². The number of imidazole rings is 1. The van der Waals surface area contributed by atoms with Crippen molar-refractivity contribution in [3.05, 3.63) is 35.7 Å². The molecule has 3 rings (SSSR count). The Morgan fingerprint density at radius 2 is 2.54 bits per heavy atom. The predicted octanol–water partition coefficient (Wildman–Crippen LogP) is 3.97. The van der Waals surface area contributed by atoms with Crippen LogP contribution in [0.5, 0.6) is 0 Å². The molecule has 0 spiro atoms. The molecule has 0 bridgehead atoms. The third-order valence-corrected chi connectivity index (χ3v) is 2.58. The van der Waals surface area contributed by atoms with Crippen molar-refractivity contribution in [3.63, 3.8) is 0 Å². The maximum Gasteiger partial charge on any atom is 0.410 e. The van der Waals surface area contributed by atoms with Gasteiger partial charge in [0.05, 0.1) is 12.5 Å². The summed E-state index contributed by atoms with van der Waals surface area (Å²) in [7, 11) is 0. The normalized spacial score (nSPS) is 48.5. The van der Waals surface area contributed by atoms with Gasteiger partial charge in [-0.05, 0) is 58.6 Å². The Morgan fingerprint density at radius 1 is 1.62 bits per heavy atom. The van der Waals surface area contributed by atoms with Crippen molar-refractivity contribution in [2.24, 2.45) is 0 Å². The van der Waals surface area contributed by atoms with Crippen LogP contribution in [0.3, 0.4) is 0 Å². The van der Waals surface area contributed by atoms with Crippen molar-refractivity contribution < 1.29 is 45.2 Å². The van der Waals surface area contributed by atoms with Gasteiger partial charge in [0, 0.05) is 59.5 Å². The van der Waals surface area contributed by atoms with Crippen LogP contribution in [0.4, 0.5) is 4.79 Å². The number of aromatic nitrogens is 2. The maximum absolute atomic E-state index is 14.0. The number of ether oxygens (including phenoxy) is 1. The molecule has 1 aliphatic rings. The highest BCUT2D eigenvalue weighted by atomic mass is 16.6. The van der Waals surface area contributed by atoms with Crippen molar-refractivity contribution in [1.82, 2.24) is 14.3 Å². The molecule has 0 radical (unpaired) electrons. The Kier molecular flexibility index (Phi) is 1.04. The summed E-state index contributed by atoms with van der Waals surface area (Å²) < 4.78 is 217. The first-order chi connectivity index (χ1) is 21.8. The fourth-order valence-corrected chi connectivity index (χ4v) is 1.68. The average Bonchev–Trinajstić information content (AvgIpc) is 3.33. The molecule has 0 aromatic carbocycles. The zero-order valence-electron chi connectivity index (χ0n) is 37.7. The summed E-state index contributed by atoms with van der Waals surface area (Å²) in [6, 6.07) is -8.08. The highest BCUT2D eigenvalue weighted by Crippen LogP contribution is 2.24. The van der Waals surface area contributed by atoms with Crippen LogP contribution in [-0.4, -0.2) is 38.5 Å². The summed E-state index contributed by atoms with van der Waals surface area (Å²) >= 11 is 0. The Bertz CT molecular complexity index is 1690. The number of carbonyl (C=O) groups excluding carboxylic acids is 1. The molecule has 3 heterocycles. The van der Waals surface area contributed by atoms with Gasteiger partial charge in [-0.3, -0.25) is 0 Å². The number of hydrogen-bond acceptors (Lipinski definition) is 3. The van der Waals surface area contributed by atoms with Crippen LogP contribution in [0.15, 0.2) is 24.3 Å². The highest BCUT2D eigenvalue weighted by Gasteiger charge is 2.31. The Labute approximate surface area is 180 Å². The van der Waals surface area contributed by atoms with Gasteiger partial charge in [0.25, 0.3) is 0 Å². The number of fused-ring (bicyclic) bond motifs is 1. The molecule has 1 aliphatic heterocycles. The molecule has 1 amide bonds. The molecule has 0 aliphatic carbocycles. The maximum atomic E-state index is 14.0. The van der Waals surface area contributed by atoms with E-state index in [0.717, 1.165) is 0 Å². The van der Waals surface area contributed by atoms with E-state index in [9.17, 15) is 6.17 Å². The van der Waals surface area contributed by atoms with E-state index in [-0.39, 0.29) is 4.40 Å². The lowest BCUT2D eigenvalue weighted by Gasteiger charge is -2.36. The number of piperidine rings is 1. The second-order valence-electron chi connectivity index (χ2n) is 4.35. The molecule has 1 fully saturated rings. The number of rotatable bonds is 2. The molecule has 130 valence electrons. The highest BCUT2D eigenvalue weighted by molar-refractivity contribution is 5.68. The number of amides is 1. The number of hydrogen-bond donors (Lipinski definition) is 0. The Hall–Kier alpha value is -2.04. The second-order valence-corrected chi connectivity index (χ2v) is 4.35. The SMILES string of the molecule is [2H]c1c([2H])c([2H])n2c(C([2H])([2H])[2H])c(C([2H])([2H])[C@@]3([2H])N(C(=O)OC(C([2H])[2H])(C([2H])([2H])[2H])C([2H])([2H])[2H])C([2H])([2H])C([2H])([2H])C([2H])([2H])C3([2H])[2H])nc2c1[2H]. The van der Waals surface area contributed by atoms with Gasteiger partial charge >= 0.3 is 6.09 Å². The second kappa shape index (κ2) is 6.46. The fraction of sp³-hybridized carbons (Fsp3) is 0.579. The standard InChI is InChI=1S/C19H27N3O2/c1-14-16(20-17-10-6-8-11-21(14)17)13-15-9-5-7-12-22(15)18(23)24-19(2,3)4/h6,8,10-11,15H,5,7,9,12-13H2,1-4H3/t15-/m0/s1/i1D3,2D2,3D3,4D3,5D2,6D,7D2,8D,9D2,10D,11D,12D2,13D2,15D. The van der Waals surface area contributed by atoms with Crippen LogP contribution >= 0.6 is 0 Å². The predicted molar refractivity (Wildman–Crippen MR) is 94.2 cm³/mol. The third kappa shape index (κ3) is 3.55. The van der Waals surface area contributed by atoms with Gasteiger partial charge in [-0.25, -0.2) is 9.78 Å². The quantitative estimate of drug-likeness (QED) is 0.819. The van der Waals surface area contributed by atoms with Crippen molar-refractivity contribution in [2.75, 3.05) is 6.50 Å². The van der Waals surface area contributed by atoms with Crippen LogP contribution in [-0.2, 0) is 11.1 Å². The van der Waals surface area contributed by atoms with Gasteiger partial charge < -0.3 is 14.0 Å². The lowest BCUT2D eigenvalue weighted by atomic mass is 9.98. The van der Waals surface area contributed by atoms with Crippen molar-refractivity contribution in [3.8, 4) is 0 Å². The Balaban J connectivity index is 2.65. The molecular formula is C19H27N3O2. The lowest BCUT2D eigenvalue weighted by Crippen LogP contribution is -2.47. The van der Waals surface area contributed by atoms with E-state index in [1.54, 1.807) is 0 Å². The van der Waals surface area contributed by atoms with Gasteiger partial charge in [-0.15, -0.1) is 0 Å². The number of carbonyl (C=O) groups is 1. The zero-order chi connectivity index (χ0) is 39.8. The first kappa shape index (κ1) is 3.87. The molecule has 0 saturated carbocycles. The first-order valence-electron chi connectivity index (χ1n) is 19.3. The van der Waals surface area contributed by atoms with Crippen LogP contribution in [0.25, 0.3) is 5.65 Å². The smallest absolute Gasteiger partial charge is 0.410 e. The first-order valence-corrected chi connectivity index (χ1v) is 6.19. The molecule has 2 aromatic heterocycles. The largest absolute Gasteiger partial charge is 0.444 e. The Morgan fingerprint density at radius 3 is 3.33 bits per heavy atom. The minimum atomic E-state index is -4.79. The van der Waals surface area contributed by atoms with Crippen LogP contribution in [0, 0.1) is 6.85 Å². The van der Waals surface area contributed by atoms with Crippen LogP contribution < -0.4 is 0 Å². The molecule has 0 unspecified atom stereocenters. The molecule has 0 N–H and O–H groups in total. The number of likely N-dealkylation sites (tertiary alicyclic amines) is 1. The topological polar surface area (TPSA) is 46.8 Å². The molecule has 1 saturated heterocycles. The molecular weight excluding hydrogens is 302 g/mol. The van der Waals surface area contributed by atoms with E-state index in [0.29, 0.717) is 0 Å². The minimum absolute atomic E-state index is 0.134. The van der Waals surface area contributed by atoms with E-state index >= 15 is 0 Å². The van der Waals surface area contributed by atoms with E-state index in [1.165, 1.54) is 0 Å². The minimum Gasteiger partial charge on any atom is -0.444 e. The summed E-state index contributed by atoms with van der Waals surface area (Å²) in [5.74, 6) is 0. The molecule has 24 heavy (non-hydrogen) atoms. The third-order valence-electron chi connectivity index (χ3n) is 2.58. The zero-order valence-corrected chi connectivity index (χ0v) is 11.7. The fourth-order valence-electron chi connectivity index (χ4n) is 1.68. The number of pyridine rings is 1. The average molecular weight is 356 g/mol. The summed E-state index contributed by atoms with van der Waals surface area (Å²) in [4.78, 5) is 16.4. The molecule has 1 atom stereocenters. The summed E-state index contributed by atoms with van der Waals surface area (Å²) in [5.41, 5.74) is -8.68. The van der Waals surface area contributed by atoms with Crippen molar-refractivity contribution in [2.45, 2.75) is 64.5 Å². The van der Waals surface area contributed by atoms with Gasteiger partial charge in [0.1, 0.15) is 11.2 Å². The molecule has 2 aromatic rings. The van der Waals surface area contributed by atoms with E-state index in [4.69, 9.17) is 34.3 Å². The van der Waals surface area contributed by atoms with Crippen molar-refractivity contribution >= 4 is 11.7 Å². The van der Waals surface area contributed by atoms with Crippen molar-refractivity contribution in [1.29, 1.82) is 0 Å². The number of aryl methyl sites for hydroxylation is 1. The van der Waals surface area contributed by atoms with Gasteiger partial charge in [-0.2, -0.15) is 0 Å². The summed E-state index contributed by atoms with van der Waals surface area (Å²) in [6.07, 6.45) is -22.1. The van der Waals surface area contributed by atoms with Crippen LogP contribution in [0.1, 0.15) is 86.7 Å². The lowest BCUT2D eigenvalue weighted by molar-refractivity contribution is 0.00984. The van der Waals surface area contributed by atoms with E-state index in [2.05, 4.69) is 9.72 Å². The summed E-state index contributed by atoms with van der Waals surface area (Å²) in [5, 5.41) is 0. The van der Waals surface area contributed by atoms with Gasteiger partial charge in [-0.1, -0.05) is 6.04 Å². The monoisotopic (exact) mass is 355 g/mol. The van der Waals surface area contributed by atoms with Crippen LogP contribution in [0.2, 0.25) is 0 Å². The van der Waals surface area contributed by atoms with E-state index in [1.807, 2.05) is 0 Å². The summed E-state index contributed by atoms with van der Waals surface area (Å²) in [6.45, 7) is -19.9.